The van der Waals surface area contributed by atoms with Crippen molar-refractivity contribution in [3.8, 4) is 5.69 Å². The van der Waals surface area contributed by atoms with Crippen molar-refractivity contribution >= 4 is 32.7 Å². The van der Waals surface area contributed by atoms with Gasteiger partial charge in [-0.15, -0.1) is 0 Å². The van der Waals surface area contributed by atoms with E-state index in [0.717, 1.165) is 0 Å². The molecule has 0 radical (unpaired) electrons. The number of hydrogen-bond donors (Lipinski definition) is 3. The predicted molar refractivity (Wildman–Crippen MR) is 129 cm³/mol. The monoisotopic (exact) mass is 480 g/mol. The van der Waals surface area contributed by atoms with Crippen molar-refractivity contribution in [2.45, 2.75) is 38.1 Å². The zero-order chi connectivity index (χ0) is 24.7. The number of benzene rings is 2. The second-order valence-electron chi connectivity index (χ2n) is 8.83. The number of carbonyl (C=O) groups is 1. The zero-order valence-corrected chi connectivity index (χ0v) is 19.9. The fraction of sp³-hybridized carbons (Fsp3) is 0.217. The molecule has 3 N–H and O–H groups in total. The van der Waals surface area contributed by atoms with Crippen molar-refractivity contribution in [1.29, 1.82) is 0 Å². The standard InChI is InChI=1S/C23H24N6O4S/c1-14-9-10-15(34(32,33)28-23(2,3)4)11-16(14)22(31)27-18-7-5-6-8-19(18)29-20-17(12-26-29)21(30)25-13-24-20/h5-13,28H,1-4H3,(H,27,31)(H,24,25,30). The zero-order valence-electron chi connectivity index (χ0n) is 19.1. The van der Waals surface area contributed by atoms with E-state index >= 15 is 0 Å². The molecule has 0 aliphatic rings. The second-order valence-corrected chi connectivity index (χ2v) is 10.5. The molecule has 0 bridgehead atoms. The smallest absolute Gasteiger partial charge is 0.261 e. The van der Waals surface area contributed by atoms with Crippen LogP contribution in [0.1, 0.15) is 36.7 Å². The molecule has 1 amide bonds. The minimum Gasteiger partial charge on any atom is -0.320 e. The number of carbonyl (C=O) groups excluding carboxylic acids is 1. The SMILES string of the molecule is Cc1ccc(S(=O)(=O)NC(C)(C)C)cc1C(=O)Nc1ccccc1-n1ncc2c(=O)[nH]cnc21. The summed E-state index contributed by atoms with van der Waals surface area (Å²) in [5.74, 6) is -0.486. The molecular formula is C23H24N6O4S. The number of fused-ring (bicyclic) bond motifs is 1. The van der Waals surface area contributed by atoms with Crippen LogP contribution in [0.3, 0.4) is 0 Å². The number of aromatic amines is 1. The van der Waals surface area contributed by atoms with Crippen LogP contribution in [0.5, 0.6) is 0 Å². The van der Waals surface area contributed by atoms with Gasteiger partial charge in [-0.3, -0.25) is 9.59 Å². The van der Waals surface area contributed by atoms with Gasteiger partial charge in [0.2, 0.25) is 10.0 Å². The third-order valence-electron chi connectivity index (χ3n) is 4.96. The van der Waals surface area contributed by atoms with Crippen molar-refractivity contribution in [1.82, 2.24) is 24.5 Å². The Morgan fingerprint density at radius 2 is 1.85 bits per heavy atom. The van der Waals surface area contributed by atoms with Crippen molar-refractivity contribution in [3.63, 3.8) is 0 Å². The molecule has 0 spiro atoms. The molecule has 0 atom stereocenters. The summed E-state index contributed by atoms with van der Waals surface area (Å²) in [5, 5.41) is 7.40. The molecule has 4 aromatic rings. The third-order valence-corrected chi connectivity index (χ3v) is 6.71. The predicted octanol–water partition coefficient (Wildman–Crippen LogP) is 2.75. The Bertz CT molecular complexity index is 1560. The molecule has 0 aliphatic carbocycles. The number of anilines is 1. The summed E-state index contributed by atoms with van der Waals surface area (Å²) in [5.41, 5.74) is 1.08. The quantitative estimate of drug-likeness (QED) is 0.401. The molecule has 11 heteroatoms. The van der Waals surface area contributed by atoms with Crippen LogP contribution in [0.25, 0.3) is 16.7 Å². The van der Waals surface area contributed by atoms with Crippen molar-refractivity contribution in [3.05, 3.63) is 76.5 Å². The lowest BCUT2D eigenvalue weighted by Gasteiger charge is -2.21. The number of amides is 1. The normalized spacial score (nSPS) is 12.1. The molecule has 10 nitrogen and oxygen atoms in total. The largest absolute Gasteiger partial charge is 0.320 e. The number of aromatic nitrogens is 4. The van der Waals surface area contributed by atoms with Gasteiger partial charge in [0.25, 0.3) is 11.5 Å². The molecule has 0 saturated heterocycles. The highest BCUT2D eigenvalue weighted by Crippen LogP contribution is 2.24. The van der Waals surface area contributed by atoms with E-state index in [1.54, 1.807) is 58.0 Å². The van der Waals surface area contributed by atoms with Gasteiger partial charge in [-0.25, -0.2) is 22.8 Å². The number of hydrogen-bond acceptors (Lipinski definition) is 6. The summed E-state index contributed by atoms with van der Waals surface area (Å²) in [6, 6.07) is 11.3. The first kappa shape index (κ1) is 23.3. The number of nitrogens with zero attached hydrogens (tertiary/aromatic N) is 3. The summed E-state index contributed by atoms with van der Waals surface area (Å²) in [6.07, 6.45) is 2.69. The van der Waals surface area contributed by atoms with Gasteiger partial charge < -0.3 is 10.3 Å². The van der Waals surface area contributed by atoms with E-state index in [9.17, 15) is 18.0 Å². The maximum absolute atomic E-state index is 13.2. The lowest BCUT2D eigenvalue weighted by molar-refractivity contribution is 0.102. The van der Waals surface area contributed by atoms with Crippen LogP contribution in [0.2, 0.25) is 0 Å². The first-order chi connectivity index (χ1) is 16.0. The van der Waals surface area contributed by atoms with Crippen molar-refractivity contribution in [2.24, 2.45) is 0 Å². The third kappa shape index (κ3) is 4.61. The molecule has 0 aliphatic heterocycles. The maximum Gasteiger partial charge on any atom is 0.261 e. The number of aryl methyl sites for hydroxylation is 1. The molecule has 4 rings (SSSR count). The van der Waals surface area contributed by atoms with Crippen LogP contribution in [0.4, 0.5) is 5.69 Å². The molecule has 2 aromatic carbocycles. The van der Waals surface area contributed by atoms with Gasteiger partial charge in [0.1, 0.15) is 5.39 Å². The highest BCUT2D eigenvalue weighted by Gasteiger charge is 2.24. The molecular weight excluding hydrogens is 456 g/mol. The van der Waals surface area contributed by atoms with Crippen LogP contribution in [-0.2, 0) is 10.0 Å². The number of H-pyrrole nitrogens is 1. The minimum atomic E-state index is -3.82. The lowest BCUT2D eigenvalue weighted by Crippen LogP contribution is -2.40. The number of sulfonamides is 1. The van der Waals surface area contributed by atoms with Gasteiger partial charge in [0, 0.05) is 11.1 Å². The number of rotatable bonds is 5. The van der Waals surface area contributed by atoms with Gasteiger partial charge in [-0.1, -0.05) is 18.2 Å². The maximum atomic E-state index is 13.2. The Labute approximate surface area is 196 Å². The second kappa shape index (κ2) is 8.50. The van der Waals surface area contributed by atoms with Crippen LogP contribution in [0, 0.1) is 6.92 Å². The van der Waals surface area contributed by atoms with Crippen LogP contribution in [0.15, 0.2) is 64.7 Å². The van der Waals surface area contributed by atoms with Gasteiger partial charge in [-0.2, -0.15) is 5.10 Å². The Hall–Kier alpha value is -3.83. The van der Waals surface area contributed by atoms with Crippen LogP contribution < -0.4 is 15.6 Å². The van der Waals surface area contributed by atoms with E-state index in [1.165, 1.54) is 29.3 Å². The summed E-state index contributed by atoms with van der Waals surface area (Å²) in [7, 11) is -3.82. The van der Waals surface area contributed by atoms with E-state index in [1.807, 2.05) is 0 Å². The van der Waals surface area contributed by atoms with E-state index in [-0.39, 0.29) is 16.0 Å². The Morgan fingerprint density at radius 1 is 1.12 bits per heavy atom. The summed E-state index contributed by atoms with van der Waals surface area (Å²) in [4.78, 5) is 31.9. The minimum absolute atomic E-state index is 0.00652. The van der Waals surface area contributed by atoms with Crippen LogP contribution >= 0.6 is 0 Å². The highest BCUT2D eigenvalue weighted by molar-refractivity contribution is 7.89. The number of nitrogens with one attached hydrogen (secondary N) is 3. The fourth-order valence-electron chi connectivity index (χ4n) is 3.46. The highest BCUT2D eigenvalue weighted by atomic mass is 32.2. The lowest BCUT2D eigenvalue weighted by atomic mass is 10.1. The summed E-state index contributed by atoms with van der Waals surface area (Å²) >= 11 is 0. The first-order valence-electron chi connectivity index (χ1n) is 10.4. The van der Waals surface area contributed by atoms with Crippen LogP contribution in [-0.4, -0.2) is 39.6 Å². The fourth-order valence-corrected chi connectivity index (χ4v) is 4.91. The van der Waals surface area contributed by atoms with E-state index < -0.39 is 21.5 Å². The molecule has 0 fully saturated rings. The average molecular weight is 481 g/mol. The Balaban J connectivity index is 1.71. The topological polar surface area (TPSA) is 139 Å². The van der Waals surface area contributed by atoms with Gasteiger partial charge in [0.05, 0.1) is 28.8 Å². The molecule has 34 heavy (non-hydrogen) atoms. The van der Waals surface area contributed by atoms with E-state index in [4.69, 9.17) is 0 Å². The van der Waals surface area contributed by atoms with E-state index in [0.29, 0.717) is 28.0 Å². The van der Waals surface area contributed by atoms with Gasteiger partial charge in [-0.05, 0) is 57.5 Å². The number of para-hydroxylation sites is 2. The Morgan fingerprint density at radius 3 is 2.59 bits per heavy atom. The summed E-state index contributed by atoms with van der Waals surface area (Å²) in [6.45, 7) is 6.95. The Kier molecular flexibility index (Phi) is 5.84. The van der Waals surface area contributed by atoms with Crippen molar-refractivity contribution in [2.75, 3.05) is 5.32 Å². The first-order valence-corrected chi connectivity index (χ1v) is 11.9. The van der Waals surface area contributed by atoms with Crippen molar-refractivity contribution < 1.29 is 13.2 Å². The average Bonchev–Trinajstić information content (AvgIpc) is 3.18. The molecule has 0 unspecified atom stereocenters. The molecule has 176 valence electrons. The molecule has 0 saturated carbocycles. The van der Waals surface area contributed by atoms with Gasteiger partial charge >= 0.3 is 0 Å². The summed E-state index contributed by atoms with van der Waals surface area (Å²) < 4.78 is 29.6. The van der Waals surface area contributed by atoms with E-state index in [2.05, 4.69) is 25.1 Å². The molecule has 2 aromatic heterocycles. The van der Waals surface area contributed by atoms with Gasteiger partial charge in [0.15, 0.2) is 5.65 Å². The molecule has 2 heterocycles.